The molecule has 1 atom stereocenters. The first-order valence-corrected chi connectivity index (χ1v) is 7.03. The van der Waals surface area contributed by atoms with Crippen LogP contribution in [0.2, 0.25) is 5.02 Å². The predicted molar refractivity (Wildman–Crippen MR) is 81.0 cm³/mol. The maximum atomic E-state index is 12.4. The lowest BCUT2D eigenvalue weighted by atomic mass is 10.1. The number of carbonyl (C=O) groups is 1. The summed E-state index contributed by atoms with van der Waals surface area (Å²) < 4.78 is 1.56. The lowest BCUT2D eigenvalue weighted by Gasteiger charge is -2.24. The molecule has 1 aromatic heterocycles. The van der Waals surface area contributed by atoms with E-state index in [2.05, 4.69) is 10.3 Å². The summed E-state index contributed by atoms with van der Waals surface area (Å²) in [5.41, 5.74) is 6.76. The molecule has 0 saturated heterocycles. The molecule has 7 heteroatoms. The molecule has 2 aromatic rings. The highest BCUT2D eigenvalue weighted by atomic mass is 35.5. The molecule has 1 aromatic carbocycles. The minimum Gasteiger partial charge on any atom is -0.334 e. The third kappa shape index (κ3) is 3.59. The molecule has 1 unspecified atom stereocenters. The van der Waals surface area contributed by atoms with Crippen molar-refractivity contribution in [2.45, 2.75) is 19.5 Å². The van der Waals surface area contributed by atoms with Gasteiger partial charge in [-0.25, -0.2) is 0 Å². The second kappa shape index (κ2) is 6.69. The van der Waals surface area contributed by atoms with E-state index < -0.39 is 0 Å². The number of hydrogen-bond acceptors (Lipinski definition) is 4. The van der Waals surface area contributed by atoms with Gasteiger partial charge in [0.2, 0.25) is 0 Å². The van der Waals surface area contributed by atoms with Gasteiger partial charge in [0.1, 0.15) is 0 Å². The number of benzene rings is 1. The van der Waals surface area contributed by atoms with E-state index in [4.69, 9.17) is 17.3 Å². The van der Waals surface area contributed by atoms with Gasteiger partial charge >= 0.3 is 0 Å². The Labute approximate surface area is 128 Å². The summed E-state index contributed by atoms with van der Waals surface area (Å²) in [6.07, 6.45) is 1.61. The number of nitrogens with zero attached hydrogens (tertiary/aromatic N) is 4. The number of halogens is 1. The fourth-order valence-corrected chi connectivity index (χ4v) is 2.09. The van der Waals surface area contributed by atoms with Crippen molar-refractivity contribution in [2.24, 2.45) is 5.73 Å². The Kier molecular flexibility index (Phi) is 4.93. The molecule has 1 amide bonds. The molecule has 0 bridgehead atoms. The van der Waals surface area contributed by atoms with E-state index in [0.29, 0.717) is 23.8 Å². The van der Waals surface area contributed by atoms with Crippen LogP contribution >= 0.6 is 11.6 Å². The molecule has 0 fully saturated rings. The van der Waals surface area contributed by atoms with Crippen molar-refractivity contribution in [3.05, 3.63) is 46.7 Å². The number of rotatable bonds is 5. The van der Waals surface area contributed by atoms with Crippen LogP contribution in [0.4, 0.5) is 0 Å². The Morgan fingerprint density at radius 1 is 1.43 bits per heavy atom. The van der Waals surface area contributed by atoms with Gasteiger partial charge in [0, 0.05) is 18.6 Å². The minimum absolute atomic E-state index is 0.0885. The molecule has 0 spiro atoms. The molecular formula is C14H18ClN5O. The maximum absolute atomic E-state index is 12.4. The summed E-state index contributed by atoms with van der Waals surface area (Å²) in [6.45, 7) is 2.94. The molecule has 2 N–H and O–H groups in total. The molecule has 112 valence electrons. The average Bonchev–Trinajstić information content (AvgIpc) is 2.95. The fraction of sp³-hybridized carbons (Fsp3) is 0.357. The summed E-state index contributed by atoms with van der Waals surface area (Å²) in [5, 5.41) is 8.44. The van der Waals surface area contributed by atoms with Gasteiger partial charge in [-0.3, -0.25) is 9.48 Å². The molecule has 0 aliphatic rings. The first-order valence-electron chi connectivity index (χ1n) is 6.65. The van der Waals surface area contributed by atoms with E-state index in [9.17, 15) is 4.79 Å². The SMILES string of the molecule is CC(c1ccc(Cl)cc1)N(C)C(=O)c1cn(CCN)nn1. The van der Waals surface area contributed by atoms with Gasteiger partial charge in [0.15, 0.2) is 5.69 Å². The van der Waals surface area contributed by atoms with Gasteiger partial charge < -0.3 is 10.6 Å². The van der Waals surface area contributed by atoms with Crippen LogP contribution in [0.25, 0.3) is 0 Å². The number of amides is 1. The highest BCUT2D eigenvalue weighted by Gasteiger charge is 2.21. The van der Waals surface area contributed by atoms with Crippen LogP contribution in [0.1, 0.15) is 29.0 Å². The molecule has 0 radical (unpaired) electrons. The standard InChI is InChI=1S/C14H18ClN5O/c1-10(11-3-5-12(15)6-4-11)19(2)14(21)13-9-20(8-7-16)18-17-13/h3-6,9-10H,7-8,16H2,1-2H3. The molecule has 2 rings (SSSR count). The minimum atomic E-state index is -0.180. The summed E-state index contributed by atoms with van der Waals surface area (Å²) in [5.74, 6) is -0.180. The lowest BCUT2D eigenvalue weighted by Crippen LogP contribution is -2.30. The van der Waals surface area contributed by atoms with Crippen molar-refractivity contribution in [2.75, 3.05) is 13.6 Å². The highest BCUT2D eigenvalue weighted by Crippen LogP contribution is 2.21. The molecule has 0 aliphatic carbocycles. The van der Waals surface area contributed by atoms with E-state index in [1.54, 1.807) is 22.8 Å². The maximum Gasteiger partial charge on any atom is 0.276 e. The predicted octanol–water partition coefficient (Wildman–Crippen LogP) is 1.72. The van der Waals surface area contributed by atoms with Gasteiger partial charge in [-0.05, 0) is 24.6 Å². The van der Waals surface area contributed by atoms with Gasteiger partial charge in [0.05, 0.1) is 18.8 Å². The Morgan fingerprint density at radius 2 is 2.10 bits per heavy atom. The van der Waals surface area contributed by atoms with Crippen LogP contribution < -0.4 is 5.73 Å². The van der Waals surface area contributed by atoms with E-state index in [1.165, 1.54) is 0 Å². The van der Waals surface area contributed by atoms with Crippen LogP contribution in [0.5, 0.6) is 0 Å². The molecule has 21 heavy (non-hydrogen) atoms. The number of carbonyl (C=O) groups excluding carboxylic acids is 1. The first-order chi connectivity index (χ1) is 10.0. The van der Waals surface area contributed by atoms with Gasteiger partial charge in [-0.15, -0.1) is 5.10 Å². The first kappa shape index (κ1) is 15.5. The lowest BCUT2D eigenvalue weighted by molar-refractivity contribution is 0.0736. The van der Waals surface area contributed by atoms with Crippen molar-refractivity contribution in [3.63, 3.8) is 0 Å². The van der Waals surface area contributed by atoms with E-state index >= 15 is 0 Å². The van der Waals surface area contributed by atoms with Crippen LogP contribution in [0.15, 0.2) is 30.5 Å². The van der Waals surface area contributed by atoms with Crippen LogP contribution in [0, 0.1) is 0 Å². The zero-order chi connectivity index (χ0) is 15.4. The molecule has 6 nitrogen and oxygen atoms in total. The topological polar surface area (TPSA) is 77.0 Å². The van der Waals surface area contributed by atoms with Crippen molar-refractivity contribution in [1.82, 2.24) is 19.9 Å². The number of hydrogen-bond donors (Lipinski definition) is 1. The van der Waals surface area contributed by atoms with E-state index in [0.717, 1.165) is 5.56 Å². The molecule has 0 saturated carbocycles. The van der Waals surface area contributed by atoms with Crippen LogP contribution in [-0.4, -0.2) is 39.4 Å². The normalized spacial score (nSPS) is 12.2. The molecule has 0 aliphatic heterocycles. The Hall–Kier alpha value is -1.92. The summed E-state index contributed by atoms with van der Waals surface area (Å²) in [4.78, 5) is 14.0. The van der Waals surface area contributed by atoms with Crippen LogP contribution in [0.3, 0.4) is 0 Å². The summed E-state index contributed by atoms with van der Waals surface area (Å²) in [7, 11) is 1.74. The van der Waals surface area contributed by atoms with Gasteiger partial charge in [-0.1, -0.05) is 28.9 Å². The van der Waals surface area contributed by atoms with Crippen LogP contribution in [-0.2, 0) is 6.54 Å². The fourth-order valence-electron chi connectivity index (χ4n) is 1.96. The molecular weight excluding hydrogens is 290 g/mol. The van der Waals surface area contributed by atoms with Gasteiger partial charge in [0.25, 0.3) is 5.91 Å². The smallest absolute Gasteiger partial charge is 0.276 e. The van der Waals surface area contributed by atoms with E-state index in [1.807, 2.05) is 31.2 Å². The number of nitrogens with two attached hydrogens (primary N) is 1. The summed E-state index contributed by atoms with van der Waals surface area (Å²) in [6, 6.07) is 7.34. The zero-order valence-electron chi connectivity index (χ0n) is 12.0. The van der Waals surface area contributed by atoms with Crippen molar-refractivity contribution < 1.29 is 4.79 Å². The largest absolute Gasteiger partial charge is 0.334 e. The van der Waals surface area contributed by atoms with E-state index in [-0.39, 0.29) is 11.9 Å². The monoisotopic (exact) mass is 307 g/mol. The van der Waals surface area contributed by atoms with Gasteiger partial charge in [-0.2, -0.15) is 0 Å². The average molecular weight is 308 g/mol. The van der Waals surface area contributed by atoms with Crippen molar-refractivity contribution in [1.29, 1.82) is 0 Å². The van der Waals surface area contributed by atoms with Crippen molar-refractivity contribution >= 4 is 17.5 Å². The third-order valence-electron chi connectivity index (χ3n) is 3.37. The Balaban J connectivity index is 2.12. The number of aromatic nitrogens is 3. The highest BCUT2D eigenvalue weighted by molar-refractivity contribution is 6.30. The summed E-state index contributed by atoms with van der Waals surface area (Å²) >= 11 is 5.88. The van der Waals surface area contributed by atoms with Crippen molar-refractivity contribution in [3.8, 4) is 0 Å². The zero-order valence-corrected chi connectivity index (χ0v) is 12.8. The third-order valence-corrected chi connectivity index (χ3v) is 3.62. The second-order valence-electron chi connectivity index (χ2n) is 4.80. The Bertz CT molecular complexity index is 610. The second-order valence-corrected chi connectivity index (χ2v) is 5.24. The molecule has 1 heterocycles. The Morgan fingerprint density at radius 3 is 2.71 bits per heavy atom. The quantitative estimate of drug-likeness (QED) is 0.912.